The molecule has 0 aliphatic carbocycles. The number of hydrogen-bond donors (Lipinski definition) is 0. The van der Waals surface area contributed by atoms with Crippen molar-refractivity contribution in [1.29, 1.82) is 0 Å². The number of ether oxygens (including phenoxy) is 2. The summed E-state index contributed by atoms with van der Waals surface area (Å²) in [5.74, 6) is 1.77. The van der Waals surface area contributed by atoms with E-state index in [1.54, 1.807) is 7.11 Å². The Morgan fingerprint density at radius 1 is 0.893 bits per heavy atom. The molecule has 3 nitrogen and oxygen atoms in total. The first-order valence-corrected chi connectivity index (χ1v) is 10.4. The average Bonchev–Trinajstić information content (AvgIpc) is 2.69. The summed E-state index contributed by atoms with van der Waals surface area (Å²) in [7, 11) is 6.42. The van der Waals surface area contributed by atoms with E-state index in [4.69, 9.17) is 9.47 Å². The van der Waals surface area contributed by atoms with E-state index in [0.29, 0.717) is 15.2 Å². The Bertz CT molecular complexity index is 910. The van der Waals surface area contributed by atoms with E-state index in [0.717, 1.165) is 23.6 Å². The van der Waals surface area contributed by atoms with Gasteiger partial charge in [-0.1, -0.05) is 62.7 Å². The second kappa shape index (κ2) is 9.73. The fourth-order valence-corrected chi connectivity index (χ4v) is 4.32. The molecule has 0 radical (unpaired) electrons. The Morgan fingerprint density at radius 2 is 1.68 bits per heavy atom. The predicted octanol–water partition coefficient (Wildman–Crippen LogP) is 4.27. The number of methoxy groups -OCH3 is 1. The third-order valence-corrected chi connectivity index (χ3v) is 5.86. The van der Waals surface area contributed by atoms with Crippen LogP contribution in [0.15, 0.2) is 66.7 Å². The van der Waals surface area contributed by atoms with Gasteiger partial charge in [0.25, 0.3) is 0 Å². The van der Waals surface area contributed by atoms with Crippen LogP contribution in [0, 0.1) is 6.92 Å². The van der Waals surface area contributed by atoms with Gasteiger partial charge >= 0.3 is 0 Å². The van der Waals surface area contributed by atoms with E-state index in [9.17, 15) is 0 Å². The van der Waals surface area contributed by atoms with Gasteiger partial charge in [-0.3, -0.25) is 0 Å². The van der Waals surface area contributed by atoms with Gasteiger partial charge in [-0.15, -0.1) is 0 Å². The lowest BCUT2D eigenvalue weighted by Crippen LogP contribution is -2.18. The van der Waals surface area contributed by atoms with Crippen molar-refractivity contribution in [1.82, 2.24) is 4.90 Å². The number of hydrogen-bond acceptors (Lipinski definition) is 3. The second-order valence-corrected chi connectivity index (χ2v) is 8.49. The van der Waals surface area contributed by atoms with E-state index in [1.165, 1.54) is 21.7 Å². The second-order valence-electron chi connectivity index (χ2n) is 7.16. The van der Waals surface area contributed by atoms with E-state index >= 15 is 0 Å². The van der Waals surface area contributed by atoms with Crippen molar-refractivity contribution in [2.24, 2.45) is 0 Å². The van der Waals surface area contributed by atoms with Gasteiger partial charge in [0.15, 0.2) is 0 Å². The van der Waals surface area contributed by atoms with E-state index in [1.807, 2.05) is 30.3 Å². The minimum atomic E-state index is 0.506. The maximum absolute atomic E-state index is 6.18. The number of rotatable bonds is 8. The zero-order chi connectivity index (χ0) is 19.9. The summed E-state index contributed by atoms with van der Waals surface area (Å²) in [6, 6.07) is 23.1. The van der Waals surface area contributed by atoms with Gasteiger partial charge in [0, 0.05) is 11.8 Å². The molecule has 0 saturated heterocycles. The van der Waals surface area contributed by atoms with Gasteiger partial charge < -0.3 is 14.4 Å². The molecule has 0 N–H and O–H groups in total. The molecule has 28 heavy (non-hydrogen) atoms. The Balaban J connectivity index is 1.88. The lowest BCUT2D eigenvalue weighted by atomic mass is 10.1. The number of nitrogens with zero attached hydrogens (tertiary/aromatic N) is 1. The minimum absolute atomic E-state index is 0.506. The summed E-state index contributed by atoms with van der Waals surface area (Å²) in [6.07, 6.45) is 0. The molecule has 4 heteroatoms. The predicted molar refractivity (Wildman–Crippen MR) is 120 cm³/mol. The lowest BCUT2D eigenvalue weighted by molar-refractivity contribution is 0.308. The normalized spacial score (nSPS) is 11.3. The van der Waals surface area contributed by atoms with Gasteiger partial charge in [0.2, 0.25) is 0 Å². The zero-order valence-corrected chi connectivity index (χ0v) is 18.0. The summed E-state index contributed by atoms with van der Waals surface area (Å²) in [5, 5.41) is 2.51. The van der Waals surface area contributed by atoms with Crippen LogP contribution in [0.25, 0.3) is 0 Å². The fourth-order valence-electron chi connectivity index (χ4n) is 3.06. The molecule has 1 unspecified atom stereocenters. The largest absolute Gasteiger partial charge is 0.497 e. The molecule has 0 heterocycles. The Kier molecular flexibility index (Phi) is 7.08. The third-order valence-electron chi connectivity index (χ3n) is 4.44. The SMILES string of the molecule is COc1ccc(OCc2ccccc2)c(Pc2ccc(C)cc2CN(C)C)c1. The molecule has 146 valence electrons. The topological polar surface area (TPSA) is 21.7 Å². The summed E-state index contributed by atoms with van der Waals surface area (Å²) in [6.45, 7) is 3.63. The van der Waals surface area contributed by atoms with Crippen molar-refractivity contribution in [3.8, 4) is 11.5 Å². The number of aryl methyl sites for hydroxylation is 1. The molecule has 1 atom stereocenters. The molecule has 0 aromatic heterocycles. The Labute approximate surface area is 170 Å². The quantitative estimate of drug-likeness (QED) is 0.534. The molecule has 0 fully saturated rings. The summed E-state index contributed by atoms with van der Waals surface area (Å²) in [4.78, 5) is 2.21. The Morgan fingerprint density at radius 3 is 2.39 bits per heavy atom. The summed E-state index contributed by atoms with van der Waals surface area (Å²) >= 11 is 0. The van der Waals surface area contributed by atoms with Crippen molar-refractivity contribution in [3.63, 3.8) is 0 Å². The molecule has 0 bridgehead atoms. The van der Waals surface area contributed by atoms with Crippen LogP contribution in [-0.4, -0.2) is 26.1 Å². The fraction of sp³-hybridized carbons (Fsp3) is 0.250. The highest BCUT2D eigenvalue weighted by Gasteiger charge is 2.11. The molecule has 3 aromatic carbocycles. The highest BCUT2D eigenvalue weighted by atomic mass is 31.1. The van der Waals surface area contributed by atoms with Crippen LogP contribution in [0.5, 0.6) is 11.5 Å². The average molecular weight is 393 g/mol. The van der Waals surface area contributed by atoms with Gasteiger partial charge in [0.1, 0.15) is 18.1 Å². The van der Waals surface area contributed by atoms with Crippen LogP contribution in [0.4, 0.5) is 0 Å². The standard InChI is InChI=1S/C24H28NO2P/c1-18-10-13-23(20(14-18)16-25(2)3)28-24-15-21(26-4)11-12-22(24)27-17-19-8-6-5-7-9-19/h5-15,28H,16-17H2,1-4H3. The zero-order valence-electron chi connectivity index (χ0n) is 17.0. The molecular weight excluding hydrogens is 365 g/mol. The van der Waals surface area contributed by atoms with Crippen molar-refractivity contribution in [3.05, 3.63) is 83.4 Å². The summed E-state index contributed by atoms with van der Waals surface area (Å²) in [5.41, 5.74) is 3.81. The van der Waals surface area contributed by atoms with Crippen LogP contribution < -0.4 is 20.1 Å². The van der Waals surface area contributed by atoms with Crippen LogP contribution in [-0.2, 0) is 13.2 Å². The highest BCUT2D eigenvalue weighted by Crippen LogP contribution is 2.26. The molecule has 3 aromatic rings. The van der Waals surface area contributed by atoms with Gasteiger partial charge in [0.05, 0.1) is 7.11 Å². The Hall–Kier alpha value is -2.35. The first-order valence-electron chi connectivity index (χ1n) is 9.41. The van der Waals surface area contributed by atoms with Gasteiger partial charge in [-0.05, 0) is 55.6 Å². The van der Waals surface area contributed by atoms with Crippen molar-refractivity contribution in [2.75, 3.05) is 21.2 Å². The molecule has 0 aliphatic rings. The first kappa shape index (κ1) is 20.4. The molecule has 0 amide bonds. The smallest absolute Gasteiger partial charge is 0.127 e. The van der Waals surface area contributed by atoms with E-state index < -0.39 is 0 Å². The van der Waals surface area contributed by atoms with E-state index in [-0.39, 0.29) is 0 Å². The highest BCUT2D eigenvalue weighted by molar-refractivity contribution is 7.55. The summed E-state index contributed by atoms with van der Waals surface area (Å²) < 4.78 is 11.6. The van der Waals surface area contributed by atoms with Gasteiger partial charge in [-0.2, -0.15) is 0 Å². The van der Waals surface area contributed by atoms with Crippen molar-refractivity contribution < 1.29 is 9.47 Å². The maximum atomic E-state index is 6.18. The molecule has 0 aliphatic heterocycles. The first-order chi connectivity index (χ1) is 13.5. The monoisotopic (exact) mass is 393 g/mol. The van der Waals surface area contributed by atoms with Gasteiger partial charge in [-0.25, -0.2) is 0 Å². The van der Waals surface area contributed by atoms with Crippen LogP contribution in [0.2, 0.25) is 0 Å². The molecular formula is C24H28NO2P. The maximum Gasteiger partial charge on any atom is 0.127 e. The number of benzene rings is 3. The van der Waals surface area contributed by atoms with Crippen LogP contribution >= 0.6 is 8.58 Å². The van der Waals surface area contributed by atoms with Crippen LogP contribution in [0.1, 0.15) is 16.7 Å². The van der Waals surface area contributed by atoms with Crippen molar-refractivity contribution >= 4 is 19.2 Å². The lowest BCUT2D eigenvalue weighted by Gasteiger charge is -2.17. The van der Waals surface area contributed by atoms with Crippen molar-refractivity contribution in [2.45, 2.75) is 20.1 Å². The molecule has 0 spiro atoms. The van der Waals surface area contributed by atoms with E-state index in [2.05, 4.69) is 62.3 Å². The minimum Gasteiger partial charge on any atom is -0.497 e. The molecule has 3 rings (SSSR count). The van der Waals surface area contributed by atoms with Crippen LogP contribution in [0.3, 0.4) is 0 Å². The molecule has 0 saturated carbocycles. The third kappa shape index (κ3) is 5.58.